The van der Waals surface area contributed by atoms with Gasteiger partial charge in [-0.25, -0.2) is 0 Å². The van der Waals surface area contributed by atoms with Crippen molar-refractivity contribution in [2.45, 2.75) is 0 Å². The molecule has 0 saturated carbocycles. The van der Waals surface area contributed by atoms with E-state index in [-0.39, 0.29) is 111 Å². The van der Waals surface area contributed by atoms with E-state index in [2.05, 4.69) is 0 Å². The monoisotopic (exact) mass is 168 g/mol. The van der Waals surface area contributed by atoms with Crippen LogP contribution < -0.4 is 59.1 Å². The molecule has 0 bridgehead atoms. The first-order valence-electron chi connectivity index (χ1n) is 0. The van der Waals surface area contributed by atoms with Crippen LogP contribution >= 0.6 is 0 Å². The van der Waals surface area contributed by atoms with Gasteiger partial charge in [-0.3, -0.25) is 14.1 Å². The first kappa shape index (κ1) is 94.8. The molecule has 0 amide bonds. The van der Waals surface area contributed by atoms with Gasteiger partial charge in [-0.05, 0) is 0 Å². The molecule has 0 unspecified atom stereocenters. The van der Waals surface area contributed by atoms with Crippen molar-refractivity contribution in [1.82, 2.24) is 0 Å². The second-order valence-electron chi connectivity index (χ2n) is 0. The summed E-state index contributed by atoms with van der Waals surface area (Å²) < 4.78 is 0. The second-order valence-corrected chi connectivity index (χ2v) is 0. The Kier molecular flexibility index (Phi) is 908. The van der Waals surface area contributed by atoms with Crippen LogP contribution in [-0.4, -0.2) is 34.7 Å². The van der Waals surface area contributed by atoms with Gasteiger partial charge in [-0.2, -0.15) is 0 Å². The summed E-state index contributed by atoms with van der Waals surface area (Å²) in [6.07, 6.45) is 0. The topological polar surface area (TPSA) is 0 Å². The summed E-state index contributed by atoms with van der Waals surface area (Å²) in [6, 6.07) is 0. The Morgan fingerprint density at radius 3 is 0.571 bits per heavy atom. The molecule has 0 saturated heterocycles. The molecule has 0 aliphatic heterocycles. The van der Waals surface area contributed by atoms with Crippen LogP contribution in [0.15, 0.2) is 0 Å². The maximum Gasteiger partial charge on any atom is 1.00 e. The van der Waals surface area contributed by atoms with Gasteiger partial charge in [0.2, 0.25) is 0 Å². The first-order valence-corrected chi connectivity index (χ1v) is 0. The molecule has 40 valence electrons. The Bertz CT molecular complexity index is 17.8. The average Bonchev–Trinajstić information content (AvgIpc) is 0. The summed E-state index contributed by atoms with van der Waals surface area (Å²) in [5, 5.41) is 0. The fourth-order valence-electron chi connectivity index (χ4n) is 0. The maximum atomic E-state index is 0. The largest absolute Gasteiger partial charge is 1.00 e. The quantitative estimate of drug-likeness (QED) is 0.315. The predicted molar refractivity (Wildman–Crippen MR) is 29.6 cm³/mol. The van der Waals surface area contributed by atoms with Crippen LogP contribution in [0, 0.1) is 0 Å². The number of hydrogen-bond acceptors (Lipinski definition) is 0. The van der Waals surface area contributed by atoms with Crippen molar-refractivity contribution < 1.29 is 76.1 Å². The molecule has 0 aromatic carbocycles. The number of rotatable bonds is 0. The zero-order valence-corrected chi connectivity index (χ0v) is 7.22. The van der Waals surface area contributed by atoms with Crippen molar-refractivity contribution in [3.05, 3.63) is 0 Å². The summed E-state index contributed by atoms with van der Waals surface area (Å²) in [5.74, 6) is 0. The van der Waals surface area contributed by atoms with Gasteiger partial charge in [0.1, 0.15) is 0 Å². The third kappa shape index (κ3) is 51.1. The molecular weight excluding hydrogens is 157 g/mol. The van der Waals surface area contributed by atoms with Crippen LogP contribution in [0.25, 0.3) is 0 Å². The van der Waals surface area contributed by atoms with Gasteiger partial charge in [-0.1, -0.05) is 0 Å². The van der Waals surface area contributed by atoms with Crippen LogP contribution in [0.5, 0.6) is 0 Å². The molecule has 0 aliphatic carbocycles. The molecule has 0 nitrogen and oxygen atoms in total. The molecule has 0 N–H and O–H groups in total. The Hall–Kier alpha value is 2.85. The third-order valence-electron chi connectivity index (χ3n) is 0. The van der Waals surface area contributed by atoms with E-state index >= 15 is 0 Å². The summed E-state index contributed by atoms with van der Waals surface area (Å²) in [6.45, 7) is 0. The van der Waals surface area contributed by atoms with E-state index in [1.165, 1.54) is 0 Å². The molecule has 0 aliphatic rings. The molecule has 0 spiro atoms. The van der Waals surface area contributed by atoms with Crippen LogP contribution in [0.2, 0.25) is 0 Å². The van der Waals surface area contributed by atoms with E-state index < -0.39 is 0 Å². The van der Waals surface area contributed by atoms with E-state index in [9.17, 15) is 0 Å². The minimum absolute atomic E-state index is 0. The Labute approximate surface area is 109 Å². The van der Waals surface area contributed by atoms with Crippen molar-refractivity contribution in [1.29, 1.82) is 0 Å². The van der Waals surface area contributed by atoms with Crippen LogP contribution in [0.4, 0.5) is 14.1 Å². The molecule has 0 aromatic rings. The molecule has 0 heterocycles. The molecule has 0 aromatic heterocycles. The smallest absolute Gasteiger partial charge is 1.00 e. The van der Waals surface area contributed by atoms with Crippen LogP contribution in [0.1, 0.15) is 2.85 Å². The maximum absolute atomic E-state index is 0. The van der Waals surface area contributed by atoms with E-state index in [0.29, 0.717) is 0 Å². The molecule has 0 atom stereocenters. The minimum Gasteiger partial charge on any atom is -1.00 e. The average molecular weight is 168 g/mol. The van der Waals surface area contributed by atoms with Gasteiger partial charge in [0.25, 0.3) is 0 Å². The molecule has 0 radical (unpaired) electrons. The van der Waals surface area contributed by atoms with Gasteiger partial charge >= 0.3 is 59.1 Å². The van der Waals surface area contributed by atoms with Crippen molar-refractivity contribution in [2.24, 2.45) is 0 Å². The molecule has 7 heteroatoms. The molecule has 0 rings (SSSR count). The van der Waals surface area contributed by atoms with Gasteiger partial charge in [0, 0.05) is 0 Å². The molecular formula is H11Al2F3Na2. The first-order chi connectivity index (χ1) is 0. The third-order valence-corrected chi connectivity index (χ3v) is 0. The summed E-state index contributed by atoms with van der Waals surface area (Å²) in [7, 11) is 0. The van der Waals surface area contributed by atoms with E-state index in [0.717, 1.165) is 0 Å². The zero-order chi connectivity index (χ0) is 0. The standard InChI is InChI=1S/2Al.3FH.2Na.8H/h;;3*1H;;;;;;;;;;/q;;;;;2*+1;;;;;;;2*-1. The zero-order valence-electron chi connectivity index (χ0n) is 5.22. The van der Waals surface area contributed by atoms with Crippen molar-refractivity contribution in [3.63, 3.8) is 0 Å². The summed E-state index contributed by atoms with van der Waals surface area (Å²) in [4.78, 5) is 0. The summed E-state index contributed by atoms with van der Waals surface area (Å²) in [5.41, 5.74) is 0. The van der Waals surface area contributed by atoms with Crippen molar-refractivity contribution >= 4 is 34.7 Å². The number of hydrogen-bond donors (Lipinski definition) is 0. The fraction of sp³-hybridized carbons (Fsp3) is 0. The Balaban J connectivity index is 0. The Morgan fingerprint density at radius 1 is 0.571 bits per heavy atom. The van der Waals surface area contributed by atoms with Gasteiger partial charge in [0.15, 0.2) is 34.7 Å². The fourth-order valence-corrected chi connectivity index (χ4v) is 0. The van der Waals surface area contributed by atoms with Crippen LogP contribution in [-0.2, 0) is 0 Å². The summed E-state index contributed by atoms with van der Waals surface area (Å²) >= 11 is 0. The van der Waals surface area contributed by atoms with E-state index in [1.807, 2.05) is 0 Å². The number of halogens is 3. The SMILES string of the molecule is F.F.F.[AlH3].[AlH3].[H-].[H-].[Na+].[Na+]. The normalized spacial score (nSPS) is 0. The van der Waals surface area contributed by atoms with Crippen molar-refractivity contribution in [3.8, 4) is 0 Å². The molecule has 0 fully saturated rings. The van der Waals surface area contributed by atoms with Gasteiger partial charge in [0.05, 0.1) is 0 Å². The van der Waals surface area contributed by atoms with E-state index in [4.69, 9.17) is 0 Å². The minimum atomic E-state index is 0. The second kappa shape index (κ2) is 67.0. The van der Waals surface area contributed by atoms with E-state index in [1.54, 1.807) is 0 Å². The molecule has 7 heavy (non-hydrogen) atoms. The van der Waals surface area contributed by atoms with Gasteiger partial charge in [-0.15, -0.1) is 0 Å². The van der Waals surface area contributed by atoms with Crippen LogP contribution in [0.3, 0.4) is 0 Å². The van der Waals surface area contributed by atoms with Gasteiger partial charge < -0.3 is 2.85 Å². The Morgan fingerprint density at radius 2 is 0.571 bits per heavy atom. The van der Waals surface area contributed by atoms with Crippen molar-refractivity contribution in [2.75, 3.05) is 0 Å². The predicted octanol–water partition coefficient (Wildman–Crippen LogP) is -7.68.